The minimum Gasteiger partial charge on any atom is -0.498 e. The second kappa shape index (κ2) is 13.6. The molecule has 1 rings (SSSR count). The van der Waals surface area contributed by atoms with Crippen LogP contribution in [0.4, 0.5) is 8.78 Å². The lowest BCUT2D eigenvalue weighted by Crippen LogP contribution is -2.29. The fourth-order valence-corrected chi connectivity index (χ4v) is 3.40. The van der Waals surface area contributed by atoms with Crippen LogP contribution in [-0.4, -0.2) is 26.4 Å². The molecule has 1 aliphatic rings. The first-order valence-electron chi connectivity index (χ1n) is 10.8. The topological polar surface area (TPSA) is 27.7 Å². The molecule has 0 N–H and O–H groups in total. The molecule has 1 fully saturated rings. The number of allylic oxidation sites excluding steroid dienone is 8. The Balaban J connectivity index is 2.76. The molecule has 3 nitrogen and oxygen atoms in total. The van der Waals surface area contributed by atoms with E-state index in [0.717, 1.165) is 25.2 Å². The van der Waals surface area contributed by atoms with Gasteiger partial charge in [-0.05, 0) is 62.7 Å². The number of ether oxygens (including phenoxy) is 3. The Morgan fingerprint density at radius 3 is 2.28 bits per heavy atom. The van der Waals surface area contributed by atoms with Crippen LogP contribution in [-0.2, 0) is 14.2 Å². The second-order valence-corrected chi connectivity index (χ2v) is 7.55. The maximum Gasteiger partial charge on any atom is 0.196 e. The third kappa shape index (κ3) is 8.33. The molecular weight excluding hydrogens is 374 g/mol. The summed E-state index contributed by atoms with van der Waals surface area (Å²) in [4.78, 5) is 0. The number of rotatable bonds is 11. The van der Waals surface area contributed by atoms with E-state index >= 15 is 0 Å². The van der Waals surface area contributed by atoms with Crippen molar-refractivity contribution in [1.29, 1.82) is 0 Å². The van der Waals surface area contributed by atoms with Crippen LogP contribution in [0, 0.1) is 5.92 Å². The van der Waals surface area contributed by atoms with E-state index in [4.69, 9.17) is 14.2 Å². The van der Waals surface area contributed by atoms with Gasteiger partial charge in [0.15, 0.2) is 11.7 Å². The molecule has 1 saturated heterocycles. The van der Waals surface area contributed by atoms with Crippen molar-refractivity contribution in [3.8, 4) is 0 Å². The van der Waals surface area contributed by atoms with Crippen LogP contribution in [0.25, 0.3) is 0 Å². The maximum atomic E-state index is 14.5. The van der Waals surface area contributed by atoms with Gasteiger partial charge in [-0.2, -0.15) is 0 Å². The molecule has 29 heavy (non-hydrogen) atoms. The van der Waals surface area contributed by atoms with Gasteiger partial charge in [0.1, 0.15) is 12.4 Å². The Labute approximate surface area is 175 Å². The van der Waals surface area contributed by atoms with Crippen LogP contribution in [0.5, 0.6) is 0 Å². The molecule has 2 unspecified atom stereocenters. The molecule has 0 radical (unpaired) electrons. The summed E-state index contributed by atoms with van der Waals surface area (Å²) in [5.74, 6) is -0.408. The van der Waals surface area contributed by atoms with E-state index in [0.29, 0.717) is 30.1 Å². The fourth-order valence-electron chi connectivity index (χ4n) is 3.40. The van der Waals surface area contributed by atoms with Gasteiger partial charge < -0.3 is 14.2 Å². The zero-order valence-corrected chi connectivity index (χ0v) is 18.9. The molecule has 0 aromatic rings. The summed E-state index contributed by atoms with van der Waals surface area (Å²) in [6, 6.07) is 0. The second-order valence-electron chi connectivity index (χ2n) is 7.55. The number of methoxy groups -OCH3 is 1. The smallest absolute Gasteiger partial charge is 0.196 e. The van der Waals surface area contributed by atoms with Gasteiger partial charge in [-0.1, -0.05) is 33.3 Å². The number of halogens is 2. The van der Waals surface area contributed by atoms with E-state index in [2.05, 4.69) is 6.92 Å². The van der Waals surface area contributed by atoms with E-state index in [1.807, 2.05) is 13.0 Å². The van der Waals surface area contributed by atoms with Crippen molar-refractivity contribution in [2.45, 2.75) is 79.2 Å². The first-order valence-corrected chi connectivity index (χ1v) is 10.8. The Morgan fingerprint density at radius 2 is 1.76 bits per heavy atom. The molecular formula is C24H38F2O3. The van der Waals surface area contributed by atoms with E-state index in [1.54, 1.807) is 19.9 Å². The highest BCUT2D eigenvalue weighted by molar-refractivity contribution is 5.40. The quantitative estimate of drug-likeness (QED) is 0.263. The highest BCUT2D eigenvalue weighted by atomic mass is 19.2. The Kier molecular flexibility index (Phi) is 11.9. The van der Waals surface area contributed by atoms with Gasteiger partial charge in [0, 0.05) is 13.0 Å². The SMILES string of the molecule is CCCC1CCC(CO/C(=C/C=C(C)/C(CC)=C(F)/C(F)=C(\C)OC)CC)OC1. The Hall–Kier alpha value is -1.62. The summed E-state index contributed by atoms with van der Waals surface area (Å²) < 4.78 is 45.2. The van der Waals surface area contributed by atoms with E-state index in [9.17, 15) is 8.78 Å². The molecule has 0 aliphatic carbocycles. The van der Waals surface area contributed by atoms with Crippen LogP contribution >= 0.6 is 0 Å². The Bertz CT molecular complexity index is 624. The summed E-state index contributed by atoms with van der Waals surface area (Å²) in [5, 5.41) is 0. The molecule has 2 atom stereocenters. The minimum atomic E-state index is -0.955. The molecule has 5 heteroatoms. The number of hydrogen-bond acceptors (Lipinski definition) is 3. The van der Waals surface area contributed by atoms with Crippen molar-refractivity contribution < 1.29 is 23.0 Å². The lowest BCUT2D eigenvalue weighted by molar-refractivity contribution is -0.0512. The van der Waals surface area contributed by atoms with Crippen LogP contribution in [0.3, 0.4) is 0 Å². The highest BCUT2D eigenvalue weighted by Crippen LogP contribution is 2.28. The summed E-state index contributed by atoms with van der Waals surface area (Å²) in [5.41, 5.74) is 0.984. The van der Waals surface area contributed by atoms with E-state index in [1.165, 1.54) is 33.3 Å². The maximum absolute atomic E-state index is 14.5. The summed E-state index contributed by atoms with van der Waals surface area (Å²) in [7, 11) is 1.32. The van der Waals surface area contributed by atoms with Crippen LogP contribution in [0.2, 0.25) is 0 Å². The van der Waals surface area contributed by atoms with E-state index in [-0.39, 0.29) is 11.9 Å². The molecule has 0 amide bonds. The van der Waals surface area contributed by atoms with E-state index < -0.39 is 11.7 Å². The van der Waals surface area contributed by atoms with Gasteiger partial charge in [0.25, 0.3) is 0 Å². The largest absolute Gasteiger partial charge is 0.498 e. The van der Waals surface area contributed by atoms with Gasteiger partial charge in [0.05, 0.1) is 19.0 Å². The zero-order valence-electron chi connectivity index (χ0n) is 18.9. The summed E-state index contributed by atoms with van der Waals surface area (Å²) in [6.45, 7) is 10.5. The van der Waals surface area contributed by atoms with Gasteiger partial charge in [0.2, 0.25) is 0 Å². The standard InChI is InChI=1S/C24H38F2O3/c1-7-10-19-12-14-21(28-15-19)16-29-20(8-2)13-11-17(4)22(9-3)24(26)23(25)18(5)27-6/h11,13,19,21H,7-10,12,14-16H2,1-6H3/b17-11+,20-13+,23-18-,24-22-. The lowest BCUT2D eigenvalue weighted by Gasteiger charge is -2.29. The molecule has 0 aromatic carbocycles. The highest BCUT2D eigenvalue weighted by Gasteiger charge is 2.21. The van der Waals surface area contributed by atoms with Crippen molar-refractivity contribution >= 4 is 0 Å². The number of hydrogen-bond donors (Lipinski definition) is 0. The first kappa shape index (κ1) is 25.4. The van der Waals surface area contributed by atoms with Gasteiger partial charge in [-0.15, -0.1) is 0 Å². The third-order valence-corrected chi connectivity index (χ3v) is 5.39. The van der Waals surface area contributed by atoms with Crippen LogP contribution < -0.4 is 0 Å². The first-order chi connectivity index (χ1) is 13.9. The third-order valence-electron chi connectivity index (χ3n) is 5.39. The molecule has 1 aliphatic heterocycles. The normalized spacial score (nSPS) is 22.8. The molecule has 0 spiro atoms. The zero-order chi connectivity index (χ0) is 21.8. The average Bonchev–Trinajstić information content (AvgIpc) is 2.74. The fraction of sp³-hybridized carbons (Fsp3) is 0.667. The molecule has 0 aromatic heterocycles. The van der Waals surface area contributed by atoms with Crippen molar-refractivity contribution in [2.75, 3.05) is 20.3 Å². The van der Waals surface area contributed by atoms with Gasteiger partial charge >= 0.3 is 0 Å². The summed E-state index contributed by atoms with van der Waals surface area (Å²) in [6.07, 6.45) is 9.48. The molecule has 0 bridgehead atoms. The Morgan fingerprint density at radius 1 is 1.03 bits per heavy atom. The van der Waals surface area contributed by atoms with Gasteiger partial charge in [-0.3, -0.25) is 0 Å². The van der Waals surface area contributed by atoms with Gasteiger partial charge in [-0.25, -0.2) is 8.78 Å². The van der Waals surface area contributed by atoms with Crippen molar-refractivity contribution in [1.82, 2.24) is 0 Å². The monoisotopic (exact) mass is 412 g/mol. The van der Waals surface area contributed by atoms with Crippen molar-refractivity contribution in [3.05, 3.63) is 46.5 Å². The van der Waals surface area contributed by atoms with Crippen molar-refractivity contribution in [3.63, 3.8) is 0 Å². The predicted molar refractivity (Wildman–Crippen MR) is 115 cm³/mol. The average molecular weight is 413 g/mol. The molecule has 166 valence electrons. The summed E-state index contributed by atoms with van der Waals surface area (Å²) >= 11 is 0. The lowest BCUT2D eigenvalue weighted by atomic mass is 9.94. The van der Waals surface area contributed by atoms with Crippen LogP contribution in [0.15, 0.2) is 46.5 Å². The molecule has 0 saturated carbocycles. The van der Waals surface area contributed by atoms with Crippen molar-refractivity contribution in [2.24, 2.45) is 5.92 Å². The van der Waals surface area contributed by atoms with Crippen LogP contribution in [0.1, 0.15) is 73.1 Å². The predicted octanol–water partition coefficient (Wildman–Crippen LogP) is 7.32. The molecule has 1 heterocycles. The minimum absolute atomic E-state index is 0.0666.